The predicted octanol–water partition coefficient (Wildman–Crippen LogP) is 2.97. The van der Waals surface area contributed by atoms with Crippen LogP contribution >= 0.6 is 0 Å². The number of imide groups is 1. The number of nitrogens with one attached hydrogen (secondary N) is 3. The molecule has 3 amide bonds. The van der Waals surface area contributed by atoms with Gasteiger partial charge in [0.25, 0.3) is 17.7 Å². The van der Waals surface area contributed by atoms with Gasteiger partial charge in [-0.2, -0.15) is 0 Å². The number of nitrogens with zero attached hydrogens (tertiary/aromatic N) is 2. The molecule has 1 aliphatic heterocycles. The largest absolute Gasteiger partial charge is 0.324 e. The highest BCUT2D eigenvalue weighted by molar-refractivity contribution is 6.22. The number of fused-ring (bicyclic) bond motifs is 1. The number of aromatic nitrogens is 2. The molecular formula is C21H17N5O3. The smallest absolute Gasteiger partial charge is 0.259 e. The summed E-state index contributed by atoms with van der Waals surface area (Å²) in [6.45, 7) is 3.79. The lowest BCUT2D eigenvalue weighted by atomic mass is 10.1. The summed E-state index contributed by atoms with van der Waals surface area (Å²) in [6, 6.07) is 13.3. The van der Waals surface area contributed by atoms with Crippen LogP contribution in [0.15, 0.2) is 48.5 Å². The van der Waals surface area contributed by atoms with Crippen LogP contribution in [0.5, 0.6) is 0 Å². The molecular weight excluding hydrogens is 370 g/mol. The summed E-state index contributed by atoms with van der Waals surface area (Å²) in [5.41, 5.74) is 3.90. The highest BCUT2D eigenvalue weighted by Crippen LogP contribution is 2.21. The first-order valence-electron chi connectivity index (χ1n) is 8.89. The summed E-state index contributed by atoms with van der Waals surface area (Å²) in [5, 5.41) is 8.06. The highest BCUT2D eigenvalue weighted by Gasteiger charge is 2.26. The summed E-state index contributed by atoms with van der Waals surface area (Å²) < 4.78 is 0. The van der Waals surface area contributed by atoms with Crippen LogP contribution in [0.4, 0.5) is 17.3 Å². The molecule has 1 aliphatic rings. The molecule has 8 heteroatoms. The van der Waals surface area contributed by atoms with Crippen LogP contribution in [0.2, 0.25) is 0 Å². The van der Waals surface area contributed by atoms with Gasteiger partial charge >= 0.3 is 0 Å². The Bertz CT molecular complexity index is 1140. The van der Waals surface area contributed by atoms with E-state index in [0.29, 0.717) is 22.8 Å². The summed E-state index contributed by atoms with van der Waals surface area (Å²) in [5.74, 6) is -0.738. The molecule has 2 aromatic carbocycles. The first-order chi connectivity index (χ1) is 13.9. The third-order valence-corrected chi connectivity index (χ3v) is 4.38. The number of amides is 3. The maximum absolute atomic E-state index is 12.5. The normalized spacial score (nSPS) is 12.3. The van der Waals surface area contributed by atoms with Crippen LogP contribution in [0, 0.1) is 13.8 Å². The van der Waals surface area contributed by atoms with Crippen LogP contribution in [0.25, 0.3) is 0 Å². The van der Waals surface area contributed by atoms with E-state index in [-0.39, 0.29) is 11.5 Å². The number of benzene rings is 2. The SMILES string of the molecule is Cc1cc(C)nc(Nc2ccc(C(=O)Nc3ccc4c(c3)C(=O)NC4=O)cc2)n1. The van der Waals surface area contributed by atoms with Crippen molar-refractivity contribution in [2.24, 2.45) is 0 Å². The van der Waals surface area contributed by atoms with Gasteiger partial charge in [-0.25, -0.2) is 9.97 Å². The number of hydrogen-bond donors (Lipinski definition) is 3. The Morgan fingerprint density at radius 1 is 0.828 bits per heavy atom. The average molecular weight is 387 g/mol. The van der Waals surface area contributed by atoms with Crippen molar-refractivity contribution in [3.63, 3.8) is 0 Å². The minimum absolute atomic E-state index is 0.251. The molecule has 144 valence electrons. The Labute approximate surface area is 166 Å². The van der Waals surface area contributed by atoms with Crippen LogP contribution in [0.1, 0.15) is 42.5 Å². The van der Waals surface area contributed by atoms with Crippen molar-refractivity contribution in [1.82, 2.24) is 15.3 Å². The lowest BCUT2D eigenvalue weighted by Gasteiger charge is -2.09. The monoisotopic (exact) mass is 387 g/mol. The summed E-state index contributed by atoms with van der Waals surface area (Å²) in [6.07, 6.45) is 0. The van der Waals surface area contributed by atoms with E-state index < -0.39 is 11.8 Å². The van der Waals surface area contributed by atoms with E-state index in [1.165, 1.54) is 12.1 Å². The van der Waals surface area contributed by atoms with Crippen molar-refractivity contribution in [1.29, 1.82) is 0 Å². The van der Waals surface area contributed by atoms with Crippen molar-refractivity contribution in [2.45, 2.75) is 13.8 Å². The molecule has 0 spiro atoms. The molecule has 1 aromatic heterocycles. The predicted molar refractivity (Wildman–Crippen MR) is 107 cm³/mol. The van der Waals surface area contributed by atoms with Gasteiger partial charge in [-0.1, -0.05) is 0 Å². The fraction of sp³-hybridized carbons (Fsp3) is 0.0952. The van der Waals surface area contributed by atoms with Gasteiger partial charge in [0.2, 0.25) is 5.95 Å². The van der Waals surface area contributed by atoms with Gasteiger partial charge in [0.05, 0.1) is 11.1 Å². The molecule has 0 bridgehead atoms. The Morgan fingerprint density at radius 2 is 1.45 bits per heavy atom. The Kier molecular flexibility index (Phi) is 4.52. The first kappa shape index (κ1) is 18.3. The maximum atomic E-state index is 12.5. The van der Waals surface area contributed by atoms with Crippen molar-refractivity contribution < 1.29 is 14.4 Å². The van der Waals surface area contributed by atoms with Crippen LogP contribution < -0.4 is 16.0 Å². The average Bonchev–Trinajstić information content (AvgIpc) is 2.95. The second kappa shape index (κ2) is 7.16. The quantitative estimate of drug-likeness (QED) is 0.593. The van der Waals surface area contributed by atoms with Crippen molar-refractivity contribution >= 4 is 35.0 Å². The minimum atomic E-state index is -0.467. The van der Waals surface area contributed by atoms with E-state index >= 15 is 0 Å². The van der Waals surface area contributed by atoms with Gasteiger partial charge in [-0.05, 0) is 62.4 Å². The number of carbonyl (C=O) groups excluding carboxylic acids is 3. The van der Waals surface area contributed by atoms with Gasteiger partial charge in [0.15, 0.2) is 0 Å². The molecule has 0 radical (unpaired) electrons. The summed E-state index contributed by atoms with van der Waals surface area (Å²) in [4.78, 5) is 44.5. The molecule has 8 nitrogen and oxygen atoms in total. The van der Waals surface area contributed by atoms with Crippen LogP contribution in [-0.4, -0.2) is 27.7 Å². The van der Waals surface area contributed by atoms with E-state index in [1.54, 1.807) is 30.3 Å². The molecule has 4 rings (SSSR count). The second-order valence-corrected chi connectivity index (χ2v) is 6.67. The molecule has 3 N–H and O–H groups in total. The summed E-state index contributed by atoms with van der Waals surface area (Å²) >= 11 is 0. The Balaban J connectivity index is 1.47. The van der Waals surface area contributed by atoms with Crippen LogP contribution in [-0.2, 0) is 0 Å². The third-order valence-electron chi connectivity index (χ3n) is 4.38. The number of rotatable bonds is 4. The Morgan fingerprint density at radius 3 is 2.14 bits per heavy atom. The zero-order valence-electron chi connectivity index (χ0n) is 15.7. The van der Waals surface area contributed by atoms with Crippen molar-refractivity contribution in [2.75, 3.05) is 10.6 Å². The van der Waals surface area contributed by atoms with Gasteiger partial charge in [0, 0.05) is 28.3 Å². The van der Waals surface area contributed by atoms with E-state index in [0.717, 1.165) is 17.1 Å². The minimum Gasteiger partial charge on any atom is -0.324 e. The van der Waals surface area contributed by atoms with Gasteiger partial charge in [0.1, 0.15) is 0 Å². The molecule has 0 aliphatic carbocycles. The highest BCUT2D eigenvalue weighted by atomic mass is 16.2. The summed E-state index contributed by atoms with van der Waals surface area (Å²) in [7, 11) is 0. The first-order valence-corrected chi connectivity index (χ1v) is 8.89. The third kappa shape index (κ3) is 3.81. The maximum Gasteiger partial charge on any atom is 0.259 e. The number of aryl methyl sites for hydroxylation is 2. The standard InChI is InChI=1S/C21H17N5O3/c1-11-9-12(2)23-21(22-11)25-14-5-3-13(4-6-14)18(27)24-15-7-8-16-17(10-15)20(29)26-19(16)28/h3-10H,1-2H3,(H,24,27)(H,22,23,25)(H,26,28,29). The molecule has 29 heavy (non-hydrogen) atoms. The van der Waals surface area contributed by atoms with Crippen molar-refractivity contribution in [3.8, 4) is 0 Å². The Hall–Kier alpha value is -4.07. The zero-order chi connectivity index (χ0) is 20.5. The second-order valence-electron chi connectivity index (χ2n) is 6.67. The van der Waals surface area contributed by atoms with E-state index in [4.69, 9.17) is 0 Å². The van der Waals surface area contributed by atoms with Crippen LogP contribution in [0.3, 0.4) is 0 Å². The van der Waals surface area contributed by atoms with Crippen molar-refractivity contribution in [3.05, 3.63) is 76.6 Å². The molecule has 0 unspecified atom stereocenters. The molecule has 0 saturated heterocycles. The lowest BCUT2D eigenvalue weighted by molar-refractivity contribution is 0.0878. The van der Waals surface area contributed by atoms with Gasteiger partial charge in [-0.3, -0.25) is 19.7 Å². The topological polar surface area (TPSA) is 113 Å². The zero-order valence-corrected chi connectivity index (χ0v) is 15.7. The van der Waals surface area contributed by atoms with E-state index in [2.05, 4.69) is 25.9 Å². The van der Waals surface area contributed by atoms with E-state index in [9.17, 15) is 14.4 Å². The molecule has 0 fully saturated rings. The molecule has 0 atom stereocenters. The molecule has 3 aromatic rings. The lowest BCUT2D eigenvalue weighted by Crippen LogP contribution is -2.19. The van der Waals surface area contributed by atoms with Gasteiger partial charge < -0.3 is 10.6 Å². The fourth-order valence-electron chi connectivity index (χ4n) is 3.06. The number of carbonyl (C=O) groups is 3. The fourth-order valence-corrected chi connectivity index (χ4v) is 3.06. The van der Waals surface area contributed by atoms with E-state index in [1.807, 2.05) is 19.9 Å². The molecule has 0 saturated carbocycles. The number of hydrogen-bond acceptors (Lipinski definition) is 6. The number of anilines is 3. The molecule has 2 heterocycles. The van der Waals surface area contributed by atoms with Gasteiger partial charge in [-0.15, -0.1) is 0 Å².